The molecule has 9 heteroatoms. The van der Waals surface area contributed by atoms with Crippen LogP contribution < -0.4 is 9.64 Å². The van der Waals surface area contributed by atoms with Crippen LogP contribution in [0.1, 0.15) is 45.6 Å². The summed E-state index contributed by atoms with van der Waals surface area (Å²) in [5, 5.41) is 10.2. The molecule has 1 fully saturated rings. The third-order valence-electron chi connectivity index (χ3n) is 8.01. The number of carboxylic acids is 1. The Balaban J connectivity index is 1.38. The number of amides is 1. The van der Waals surface area contributed by atoms with Crippen molar-refractivity contribution in [2.24, 2.45) is 5.92 Å². The quantitative estimate of drug-likeness (QED) is 0.206. The van der Waals surface area contributed by atoms with Crippen LogP contribution >= 0.6 is 11.6 Å². The molecule has 3 aromatic carbocycles. The van der Waals surface area contributed by atoms with E-state index in [-0.39, 0.29) is 6.54 Å². The number of benzene rings is 3. The van der Waals surface area contributed by atoms with Gasteiger partial charge in [0.15, 0.2) is 0 Å². The van der Waals surface area contributed by atoms with Gasteiger partial charge in [0.2, 0.25) is 5.95 Å². The molecule has 0 atom stereocenters. The number of ether oxygens (including phenoxy) is 1. The van der Waals surface area contributed by atoms with E-state index in [9.17, 15) is 14.7 Å². The standard InChI is InChI=1S/C35H37ClN4O4/c1-44-30-12-6-9-26(21-30)13-14-32-31(34(43)40(24-33(41)42)23-28-10-5-11-29(36)20-28)22-37-35(38-32)39-17-15-27(16-18-39)19-25-7-3-2-4-8-25/h2-12,20-22,27H,13-19,23-24H2,1H3,(H,41,42). The molecule has 5 rings (SSSR count). The molecular weight excluding hydrogens is 576 g/mol. The summed E-state index contributed by atoms with van der Waals surface area (Å²) in [4.78, 5) is 38.8. The van der Waals surface area contributed by atoms with Crippen LogP contribution in [0.5, 0.6) is 5.75 Å². The molecule has 44 heavy (non-hydrogen) atoms. The summed E-state index contributed by atoms with van der Waals surface area (Å²) >= 11 is 6.16. The lowest BCUT2D eigenvalue weighted by molar-refractivity contribution is -0.137. The maximum atomic E-state index is 13.9. The van der Waals surface area contributed by atoms with E-state index in [1.165, 1.54) is 10.5 Å². The van der Waals surface area contributed by atoms with E-state index in [0.717, 1.165) is 49.2 Å². The lowest BCUT2D eigenvalue weighted by Crippen LogP contribution is -2.37. The predicted molar refractivity (Wildman–Crippen MR) is 171 cm³/mol. The van der Waals surface area contributed by atoms with Gasteiger partial charge in [0, 0.05) is 30.9 Å². The summed E-state index contributed by atoms with van der Waals surface area (Å²) in [7, 11) is 1.63. The topological polar surface area (TPSA) is 95.9 Å². The van der Waals surface area contributed by atoms with Crippen molar-refractivity contribution in [3.05, 3.63) is 118 Å². The van der Waals surface area contributed by atoms with Gasteiger partial charge in [0.25, 0.3) is 5.91 Å². The fourth-order valence-electron chi connectivity index (χ4n) is 5.69. The molecule has 0 bridgehead atoms. The minimum Gasteiger partial charge on any atom is -0.497 e. The number of hydrogen-bond acceptors (Lipinski definition) is 6. The Kier molecular flexibility index (Phi) is 10.5. The Labute approximate surface area is 263 Å². The zero-order valence-corrected chi connectivity index (χ0v) is 25.6. The van der Waals surface area contributed by atoms with Crippen molar-refractivity contribution in [1.29, 1.82) is 0 Å². The molecule has 1 aromatic heterocycles. The number of methoxy groups -OCH3 is 1. The van der Waals surface area contributed by atoms with E-state index >= 15 is 0 Å². The number of aliphatic carboxylic acids is 1. The van der Waals surface area contributed by atoms with Gasteiger partial charge >= 0.3 is 5.97 Å². The molecule has 1 aliphatic rings. The molecule has 8 nitrogen and oxygen atoms in total. The largest absolute Gasteiger partial charge is 0.497 e. The van der Waals surface area contributed by atoms with Crippen molar-refractivity contribution >= 4 is 29.4 Å². The zero-order valence-electron chi connectivity index (χ0n) is 24.9. The van der Waals surface area contributed by atoms with Crippen LogP contribution in [-0.2, 0) is 30.6 Å². The molecule has 1 aliphatic heterocycles. The van der Waals surface area contributed by atoms with Gasteiger partial charge in [-0.1, -0.05) is 66.2 Å². The SMILES string of the molecule is COc1cccc(CCc2nc(N3CCC(Cc4ccccc4)CC3)ncc2C(=O)N(CC(=O)O)Cc2cccc(Cl)c2)c1. The molecule has 0 aliphatic carbocycles. The van der Waals surface area contributed by atoms with Crippen LogP contribution in [0.15, 0.2) is 85.1 Å². The summed E-state index contributed by atoms with van der Waals surface area (Å²) in [6, 6.07) is 25.4. The van der Waals surface area contributed by atoms with Gasteiger partial charge in [-0.2, -0.15) is 0 Å². The van der Waals surface area contributed by atoms with Gasteiger partial charge in [-0.15, -0.1) is 0 Å². The molecule has 1 N–H and O–H groups in total. The summed E-state index contributed by atoms with van der Waals surface area (Å²) < 4.78 is 5.39. The first-order chi connectivity index (χ1) is 21.4. The second kappa shape index (κ2) is 14.8. The number of rotatable bonds is 12. The van der Waals surface area contributed by atoms with Gasteiger partial charge in [0.05, 0.1) is 18.4 Å². The second-order valence-electron chi connectivity index (χ2n) is 11.2. The number of halogens is 1. The van der Waals surface area contributed by atoms with E-state index in [4.69, 9.17) is 21.3 Å². The van der Waals surface area contributed by atoms with E-state index in [1.54, 1.807) is 31.5 Å². The van der Waals surface area contributed by atoms with Crippen molar-refractivity contribution in [2.75, 3.05) is 31.6 Å². The molecule has 0 spiro atoms. The van der Waals surface area contributed by atoms with E-state index in [0.29, 0.717) is 41.0 Å². The normalized spacial score (nSPS) is 13.5. The first kappa shape index (κ1) is 31.0. The number of nitrogens with zero attached hydrogens (tertiary/aromatic N) is 4. The minimum atomic E-state index is -1.10. The van der Waals surface area contributed by atoms with E-state index < -0.39 is 18.4 Å². The van der Waals surface area contributed by atoms with Crippen LogP contribution in [0.2, 0.25) is 5.02 Å². The van der Waals surface area contributed by atoms with Crippen LogP contribution in [0, 0.1) is 5.92 Å². The summed E-state index contributed by atoms with van der Waals surface area (Å²) in [6.45, 7) is 1.30. The van der Waals surface area contributed by atoms with Gasteiger partial charge in [-0.05, 0) is 79.0 Å². The molecular formula is C35H37ClN4O4. The van der Waals surface area contributed by atoms with Crippen molar-refractivity contribution < 1.29 is 19.4 Å². The molecule has 0 saturated carbocycles. The number of carbonyl (C=O) groups excluding carboxylic acids is 1. The average molecular weight is 613 g/mol. The molecule has 1 saturated heterocycles. The van der Waals surface area contributed by atoms with Crippen LogP contribution in [0.4, 0.5) is 5.95 Å². The highest BCUT2D eigenvalue weighted by atomic mass is 35.5. The van der Waals surface area contributed by atoms with Crippen molar-refractivity contribution in [1.82, 2.24) is 14.9 Å². The number of aromatic nitrogens is 2. The fourth-order valence-corrected chi connectivity index (χ4v) is 5.91. The van der Waals surface area contributed by atoms with Gasteiger partial charge < -0.3 is 19.6 Å². The molecule has 4 aromatic rings. The van der Waals surface area contributed by atoms with Crippen molar-refractivity contribution in [3.63, 3.8) is 0 Å². The van der Waals surface area contributed by atoms with Crippen LogP contribution in [-0.4, -0.2) is 58.6 Å². The Hall–Kier alpha value is -4.43. The molecule has 2 heterocycles. The first-order valence-electron chi connectivity index (χ1n) is 14.9. The Bertz CT molecular complexity index is 1570. The Morgan fingerprint density at radius 3 is 2.41 bits per heavy atom. The molecule has 0 radical (unpaired) electrons. The molecule has 1 amide bonds. The van der Waals surface area contributed by atoms with E-state index in [1.807, 2.05) is 36.4 Å². The number of carbonyl (C=O) groups is 2. The minimum absolute atomic E-state index is 0.0949. The maximum Gasteiger partial charge on any atom is 0.323 e. The van der Waals surface area contributed by atoms with Gasteiger partial charge in [-0.3, -0.25) is 9.59 Å². The van der Waals surface area contributed by atoms with Crippen molar-refractivity contribution in [3.8, 4) is 5.75 Å². The lowest BCUT2D eigenvalue weighted by atomic mass is 9.90. The third-order valence-corrected chi connectivity index (χ3v) is 8.25. The zero-order chi connectivity index (χ0) is 30.9. The lowest BCUT2D eigenvalue weighted by Gasteiger charge is -2.32. The van der Waals surface area contributed by atoms with Gasteiger partial charge in [-0.25, -0.2) is 9.97 Å². The number of piperidine rings is 1. The maximum absolute atomic E-state index is 13.9. The average Bonchev–Trinajstić information content (AvgIpc) is 3.04. The molecule has 228 valence electrons. The number of carboxylic acid groups (broad SMARTS) is 1. The smallest absolute Gasteiger partial charge is 0.323 e. The number of anilines is 1. The van der Waals surface area contributed by atoms with Crippen LogP contribution in [0.25, 0.3) is 0 Å². The third kappa shape index (κ3) is 8.35. The summed E-state index contributed by atoms with van der Waals surface area (Å²) in [5.74, 6) is 0.420. The van der Waals surface area contributed by atoms with Crippen molar-refractivity contribution in [2.45, 2.75) is 38.6 Å². The number of aryl methyl sites for hydroxylation is 2. The van der Waals surface area contributed by atoms with E-state index in [2.05, 4.69) is 34.1 Å². The summed E-state index contributed by atoms with van der Waals surface area (Å²) in [5.41, 5.74) is 4.04. The van der Waals surface area contributed by atoms with Crippen LogP contribution in [0.3, 0.4) is 0 Å². The molecule has 0 unspecified atom stereocenters. The van der Waals surface area contributed by atoms with Gasteiger partial charge in [0.1, 0.15) is 12.3 Å². The first-order valence-corrected chi connectivity index (χ1v) is 15.3. The highest BCUT2D eigenvalue weighted by Gasteiger charge is 2.26. The Morgan fingerprint density at radius 2 is 1.68 bits per heavy atom. The fraction of sp³-hybridized carbons (Fsp3) is 0.314. The summed E-state index contributed by atoms with van der Waals surface area (Å²) in [6.07, 6.45) is 5.79. The predicted octanol–water partition coefficient (Wildman–Crippen LogP) is 6.11. The Morgan fingerprint density at radius 1 is 0.955 bits per heavy atom. The highest BCUT2D eigenvalue weighted by Crippen LogP contribution is 2.26. The highest BCUT2D eigenvalue weighted by molar-refractivity contribution is 6.30. The number of hydrogen-bond donors (Lipinski definition) is 1. The monoisotopic (exact) mass is 612 g/mol. The second-order valence-corrected chi connectivity index (χ2v) is 11.6.